The fourth-order valence-electron chi connectivity index (χ4n) is 3.86. The second-order valence-corrected chi connectivity index (χ2v) is 5.86. The van der Waals surface area contributed by atoms with Crippen molar-refractivity contribution in [3.05, 3.63) is 12.2 Å². The number of aliphatic imine (C=N–C) groups is 1. The molecular formula is C15H22N4O2. The van der Waals surface area contributed by atoms with E-state index in [1.165, 1.54) is 4.90 Å². The summed E-state index contributed by atoms with van der Waals surface area (Å²) in [7, 11) is 1.70. The second kappa shape index (κ2) is 5.50. The predicted octanol–water partition coefficient (Wildman–Crippen LogP) is -0.0216. The van der Waals surface area contributed by atoms with Gasteiger partial charge < -0.3 is 10.6 Å². The molecule has 3 aliphatic rings. The molecule has 3 rings (SSSR count). The fourth-order valence-corrected chi connectivity index (χ4v) is 3.86. The van der Waals surface area contributed by atoms with Crippen LogP contribution in [0.15, 0.2) is 17.1 Å². The summed E-state index contributed by atoms with van der Waals surface area (Å²) in [5.74, 6) is 1.09. The van der Waals surface area contributed by atoms with Crippen LogP contribution >= 0.6 is 0 Å². The average Bonchev–Trinajstić information content (AvgIpc) is 3.15. The van der Waals surface area contributed by atoms with E-state index in [1.807, 2.05) is 6.92 Å². The molecule has 1 aliphatic heterocycles. The largest absolute Gasteiger partial charge is 0.357 e. The Morgan fingerprint density at radius 2 is 1.86 bits per heavy atom. The average molecular weight is 290 g/mol. The highest BCUT2D eigenvalue weighted by Gasteiger charge is 2.58. The molecule has 2 N–H and O–H groups in total. The van der Waals surface area contributed by atoms with Gasteiger partial charge in [-0.2, -0.15) is 0 Å². The highest BCUT2D eigenvalue weighted by molar-refractivity contribution is 6.06. The van der Waals surface area contributed by atoms with Crippen LogP contribution in [0.5, 0.6) is 0 Å². The number of fused-ring (bicyclic) bond motifs is 5. The van der Waals surface area contributed by atoms with Crippen LogP contribution in [0, 0.1) is 23.7 Å². The molecule has 1 heterocycles. The van der Waals surface area contributed by atoms with E-state index >= 15 is 0 Å². The maximum atomic E-state index is 12.5. The Bertz CT molecular complexity index is 484. The van der Waals surface area contributed by atoms with E-state index in [0.29, 0.717) is 19.0 Å². The number of likely N-dealkylation sites (tertiary alicyclic amines) is 1. The van der Waals surface area contributed by atoms with Gasteiger partial charge in [-0.25, -0.2) is 0 Å². The van der Waals surface area contributed by atoms with Crippen molar-refractivity contribution in [2.24, 2.45) is 28.7 Å². The zero-order valence-corrected chi connectivity index (χ0v) is 12.5. The molecule has 6 heteroatoms. The van der Waals surface area contributed by atoms with Crippen LogP contribution in [0.3, 0.4) is 0 Å². The second-order valence-electron chi connectivity index (χ2n) is 5.86. The maximum Gasteiger partial charge on any atom is 0.233 e. The van der Waals surface area contributed by atoms with Crippen molar-refractivity contribution in [3.8, 4) is 0 Å². The number of guanidine groups is 1. The van der Waals surface area contributed by atoms with Crippen LogP contribution in [0.1, 0.15) is 13.3 Å². The third kappa shape index (κ3) is 2.22. The van der Waals surface area contributed by atoms with Gasteiger partial charge in [-0.3, -0.25) is 19.5 Å². The summed E-state index contributed by atoms with van der Waals surface area (Å²) in [5, 5.41) is 6.20. The van der Waals surface area contributed by atoms with Gasteiger partial charge in [0.1, 0.15) is 0 Å². The molecule has 114 valence electrons. The summed E-state index contributed by atoms with van der Waals surface area (Å²) in [6.45, 7) is 3.71. The lowest BCUT2D eigenvalue weighted by atomic mass is 9.85. The summed E-state index contributed by atoms with van der Waals surface area (Å²) in [6, 6.07) is 0. The minimum atomic E-state index is -0.0967. The molecule has 1 saturated heterocycles. The van der Waals surface area contributed by atoms with Crippen molar-refractivity contribution in [2.45, 2.75) is 13.3 Å². The van der Waals surface area contributed by atoms with Gasteiger partial charge in [0, 0.05) is 26.7 Å². The Balaban J connectivity index is 1.58. The van der Waals surface area contributed by atoms with Crippen LogP contribution in [0.2, 0.25) is 0 Å². The molecule has 1 saturated carbocycles. The Kier molecular flexibility index (Phi) is 3.69. The van der Waals surface area contributed by atoms with Gasteiger partial charge in [0.2, 0.25) is 11.8 Å². The number of imide groups is 1. The molecule has 4 unspecified atom stereocenters. The zero-order chi connectivity index (χ0) is 15.0. The molecule has 6 nitrogen and oxygen atoms in total. The molecule has 4 atom stereocenters. The summed E-state index contributed by atoms with van der Waals surface area (Å²) >= 11 is 0. The Labute approximate surface area is 124 Å². The summed E-state index contributed by atoms with van der Waals surface area (Å²) in [5.41, 5.74) is 0. The highest BCUT2D eigenvalue weighted by atomic mass is 16.2. The van der Waals surface area contributed by atoms with E-state index in [4.69, 9.17) is 0 Å². The standard InChI is InChI=1S/C15H22N4O2/c1-3-17-15(16-2)18-6-7-19-13(20)11-9-4-5-10(8-9)12(11)14(19)21/h4-5,9-12H,3,6-8H2,1-2H3,(H2,16,17,18). The van der Waals surface area contributed by atoms with Crippen LogP contribution in [0.25, 0.3) is 0 Å². The fraction of sp³-hybridized carbons (Fsp3) is 0.667. The van der Waals surface area contributed by atoms with E-state index in [-0.39, 0.29) is 35.5 Å². The molecular weight excluding hydrogens is 268 g/mol. The molecule has 0 radical (unpaired) electrons. The first-order chi connectivity index (χ1) is 10.2. The van der Waals surface area contributed by atoms with E-state index < -0.39 is 0 Å². The van der Waals surface area contributed by atoms with Gasteiger partial charge in [-0.05, 0) is 25.2 Å². The Hall–Kier alpha value is -1.85. The number of nitrogens with one attached hydrogen (secondary N) is 2. The molecule has 21 heavy (non-hydrogen) atoms. The number of rotatable bonds is 4. The van der Waals surface area contributed by atoms with Crippen LogP contribution in [-0.2, 0) is 9.59 Å². The monoisotopic (exact) mass is 290 g/mol. The lowest BCUT2D eigenvalue weighted by Gasteiger charge is -2.18. The van der Waals surface area contributed by atoms with Crippen LogP contribution < -0.4 is 10.6 Å². The lowest BCUT2D eigenvalue weighted by Crippen LogP contribution is -2.43. The van der Waals surface area contributed by atoms with Crippen molar-refractivity contribution in [2.75, 3.05) is 26.7 Å². The first-order valence-electron chi connectivity index (χ1n) is 7.65. The number of nitrogens with zero attached hydrogens (tertiary/aromatic N) is 2. The smallest absolute Gasteiger partial charge is 0.233 e. The summed E-state index contributed by atoms with van der Waals surface area (Å²) in [6.07, 6.45) is 5.21. The summed E-state index contributed by atoms with van der Waals surface area (Å²) in [4.78, 5) is 30.4. The third-order valence-electron chi connectivity index (χ3n) is 4.76. The number of allylic oxidation sites excluding steroid dienone is 2. The quantitative estimate of drug-likeness (QED) is 0.330. The Morgan fingerprint density at radius 3 is 2.38 bits per heavy atom. The highest BCUT2D eigenvalue weighted by Crippen LogP contribution is 2.52. The third-order valence-corrected chi connectivity index (χ3v) is 4.76. The predicted molar refractivity (Wildman–Crippen MR) is 79.5 cm³/mol. The van der Waals surface area contributed by atoms with Gasteiger partial charge >= 0.3 is 0 Å². The molecule has 2 fully saturated rings. The first kappa shape index (κ1) is 14.1. The zero-order valence-electron chi connectivity index (χ0n) is 12.5. The molecule has 0 aromatic rings. The van der Waals surface area contributed by atoms with E-state index in [0.717, 1.165) is 13.0 Å². The number of carbonyl (C=O) groups is 2. The molecule has 0 spiro atoms. The van der Waals surface area contributed by atoms with Gasteiger partial charge in [0.25, 0.3) is 0 Å². The normalized spacial score (nSPS) is 33.8. The lowest BCUT2D eigenvalue weighted by molar-refractivity contribution is -0.140. The number of carbonyl (C=O) groups excluding carboxylic acids is 2. The molecule has 0 aromatic heterocycles. The number of hydrogen-bond donors (Lipinski definition) is 2. The van der Waals surface area contributed by atoms with Crippen molar-refractivity contribution in [1.29, 1.82) is 0 Å². The van der Waals surface area contributed by atoms with E-state index in [9.17, 15) is 9.59 Å². The topological polar surface area (TPSA) is 73.8 Å². The number of hydrogen-bond acceptors (Lipinski definition) is 3. The molecule has 2 bridgehead atoms. The van der Waals surface area contributed by atoms with Gasteiger partial charge in [-0.15, -0.1) is 0 Å². The minimum Gasteiger partial charge on any atom is -0.357 e. The van der Waals surface area contributed by atoms with Crippen molar-refractivity contribution in [3.63, 3.8) is 0 Å². The molecule has 2 amide bonds. The number of amides is 2. The van der Waals surface area contributed by atoms with Gasteiger partial charge in [0.15, 0.2) is 5.96 Å². The van der Waals surface area contributed by atoms with Crippen LogP contribution in [0.4, 0.5) is 0 Å². The Morgan fingerprint density at radius 1 is 1.24 bits per heavy atom. The van der Waals surface area contributed by atoms with Crippen molar-refractivity contribution < 1.29 is 9.59 Å². The molecule has 0 aromatic carbocycles. The van der Waals surface area contributed by atoms with E-state index in [2.05, 4.69) is 27.8 Å². The van der Waals surface area contributed by atoms with Crippen LogP contribution in [-0.4, -0.2) is 49.4 Å². The maximum absolute atomic E-state index is 12.5. The SMILES string of the molecule is CCNC(=NC)NCCN1C(=O)C2C3C=CC(C3)C2C1=O. The minimum absolute atomic E-state index is 0.0158. The van der Waals surface area contributed by atoms with E-state index in [1.54, 1.807) is 7.05 Å². The van der Waals surface area contributed by atoms with Crippen molar-refractivity contribution >= 4 is 17.8 Å². The summed E-state index contributed by atoms with van der Waals surface area (Å²) < 4.78 is 0. The van der Waals surface area contributed by atoms with Crippen molar-refractivity contribution in [1.82, 2.24) is 15.5 Å². The van der Waals surface area contributed by atoms with Gasteiger partial charge in [-0.1, -0.05) is 12.2 Å². The molecule has 2 aliphatic carbocycles. The first-order valence-corrected chi connectivity index (χ1v) is 7.65. The van der Waals surface area contributed by atoms with Gasteiger partial charge in [0.05, 0.1) is 11.8 Å².